The van der Waals surface area contributed by atoms with Crippen molar-refractivity contribution in [3.63, 3.8) is 0 Å². The number of ether oxygens (including phenoxy) is 1. The minimum Gasteiger partial charge on any atom is -0.381 e. The van der Waals surface area contributed by atoms with Gasteiger partial charge in [0.1, 0.15) is 0 Å². The maximum absolute atomic E-state index is 12.5. The van der Waals surface area contributed by atoms with Crippen molar-refractivity contribution in [2.75, 3.05) is 45.9 Å². The second-order valence-electron chi connectivity index (χ2n) is 7.39. The van der Waals surface area contributed by atoms with Crippen LogP contribution in [0.3, 0.4) is 0 Å². The van der Waals surface area contributed by atoms with Crippen molar-refractivity contribution in [1.82, 2.24) is 14.9 Å². The van der Waals surface area contributed by atoms with E-state index in [4.69, 9.17) is 4.74 Å². The third kappa shape index (κ3) is 5.59. The molecule has 7 nitrogen and oxygen atoms in total. The van der Waals surface area contributed by atoms with Gasteiger partial charge in [-0.1, -0.05) is 0 Å². The van der Waals surface area contributed by atoms with Gasteiger partial charge in [-0.15, -0.1) is 35.3 Å². The predicted octanol–water partition coefficient (Wildman–Crippen LogP) is 2.34. The fourth-order valence-corrected chi connectivity index (χ4v) is 6.38. The zero-order valence-electron chi connectivity index (χ0n) is 16.8. The van der Waals surface area contributed by atoms with E-state index < -0.39 is 10.0 Å². The van der Waals surface area contributed by atoms with E-state index in [1.54, 1.807) is 6.07 Å². The molecule has 10 heteroatoms. The Morgan fingerprint density at radius 3 is 2.79 bits per heavy atom. The first-order valence-corrected chi connectivity index (χ1v) is 11.8. The number of aliphatic imine (C=N–C) groups is 1. The van der Waals surface area contributed by atoms with Crippen LogP contribution in [0.5, 0.6) is 0 Å². The summed E-state index contributed by atoms with van der Waals surface area (Å²) in [6, 6.07) is 1.73. The summed E-state index contributed by atoms with van der Waals surface area (Å²) in [6.07, 6.45) is 2.24. The standard InChI is InChI=1S/C18H30N4O3S2.HI/c1-4-19-17(22-9-5-18(12-22)6-10-25-13-18)20-7-8-21-27(23,24)16-11-14(2)26-15(16)3;/h11,21H,4-10,12-13H2,1-3H3,(H,19,20);1H. The van der Waals surface area contributed by atoms with Crippen molar-refractivity contribution >= 4 is 51.3 Å². The normalized spacial score (nSPS) is 22.7. The van der Waals surface area contributed by atoms with Crippen LogP contribution < -0.4 is 10.0 Å². The molecule has 2 N–H and O–H groups in total. The van der Waals surface area contributed by atoms with E-state index in [1.165, 1.54) is 11.3 Å². The Kier molecular flexibility index (Phi) is 8.56. The Bertz CT molecular complexity index is 789. The summed E-state index contributed by atoms with van der Waals surface area (Å²) in [4.78, 5) is 9.11. The van der Waals surface area contributed by atoms with Crippen molar-refractivity contribution in [3.05, 3.63) is 15.8 Å². The Morgan fingerprint density at radius 1 is 1.39 bits per heavy atom. The van der Waals surface area contributed by atoms with Crippen LogP contribution in [0, 0.1) is 19.3 Å². The third-order valence-corrected chi connectivity index (χ3v) is 7.89. The van der Waals surface area contributed by atoms with E-state index in [-0.39, 0.29) is 35.9 Å². The van der Waals surface area contributed by atoms with Crippen LogP contribution in [0.25, 0.3) is 0 Å². The number of likely N-dealkylation sites (tertiary alicyclic amines) is 1. The number of halogens is 1. The van der Waals surface area contributed by atoms with Gasteiger partial charge in [0.2, 0.25) is 10.0 Å². The highest BCUT2D eigenvalue weighted by Gasteiger charge is 2.42. The molecule has 0 amide bonds. The number of hydrogen-bond donors (Lipinski definition) is 2. The molecular formula is C18H31IN4O3S2. The van der Waals surface area contributed by atoms with Crippen molar-refractivity contribution in [2.45, 2.75) is 38.5 Å². The monoisotopic (exact) mass is 542 g/mol. The van der Waals surface area contributed by atoms with Gasteiger partial charge in [0, 0.05) is 48.0 Å². The quantitative estimate of drug-likeness (QED) is 0.250. The molecule has 2 aliphatic rings. The Hall–Kier alpha value is -0.430. The lowest BCUT2D eigenvalue weighted by molar-refractivity contribution is 0.156. The summed E-state index contributed by atoms with van der Waals surface area (Å²) < 4.78 is 33.2. The fraction of sp³-hybridized carbons (Fsp3) is 0.722. The summed E-state index contributed by atoms with van der Waals surface area (Å²) in [5.41, 5.74) is 0.270. The van der Waals surface area contributed by atoms with Gasteiger partial charge in [-0.05, 0) is 39.7 Å². The lowest BCUT2D eigenvalue weighted by Gasteiger charge is -2.25. The van der Waals surface area contributed by atoms with Crippen molar-refractivity contribution in [1.29, 1.82) is 0 Å². The molecule has 1 aromatic heterocycles. The highest BCUT2D eigenvalue weighted by atomic mass is 127. The van der Waals surface area contributed by atoms with Crippen molar-refractivity contribution < 1.29 is 13.2 Å². The molecule has 2 saturated heterocycles. The zero-order valence-corrected chi connectivity index (χ0v) is 20.7. The second kappa shape index (κ2) is 10.1. The average Bonchev–Trinajstić information content (AvgIpc) is 3.33. The molecule has 0 bridgehead atoms. The molecule has 1 atom stereocenters. The van der Waals surface area contributed by atoms with Crippen LogP contribution in [0.15, 0.2) is 16.0 Å². The van der Waals surface area contributed by atoms with Gasteiger partial charge in [0.25, 0.3) is 0 Å². The molecule has 1 aromatic rings. The van der Waals surface area contributed by atoms with Crippen molar-refractivity contribution in [3.8, 4) is 0 Å². The first kappa shape index (κ1) is 23.8. The second-order valence-corrected chi connectivity index (χ2v) is 10.6. The number of hydrogen-bond acceptors (Lipinski definition) is 5. The van der Waals surface area contributed by atoms with E-state index in [0.29, 0.717) is 11.4 Å². The molecule has 0 aliphatic carbocycles. The van der Waals surface area contributed by atoms with Gasteiger partial charge in [-0.2, -0.15) is 0 Å². The minimum atomic E-state index is -3.48. The van der Waals surface area contributed by atoms with Crippen LogP contribution in [0.4, 0.5) is 0 Å². The van der Waals surface area contributed by atoms with Gasteiger partial charge in [0.05, 0.1) is 18.0 Å². The van der Waals surface area contributed by atoms with Crippen LogP contribution >= 0.6 is 35.3 Å². The van der Waals surface area contributed by atoms with Crippen LogP contribution in [0.2, 0.25) is 0 Å². The summed E-state index contributed by atoms with van der Waals surface area (Å²) >= 11 is 1.50. The lowest BCUT2D eigenvalue weighted by atomic mass is 9.87. The first-order chi connectivity index (χ1) is 12.9. The number of guanidine groups is 1. The number of sulfonamides is 1. The highest BCUT2D eigenvalue weighted by molar-refractivity contribution is 14.0. The zero-order chi connectivity index (χ0) is 19.5. The van der Waals surface area contributed by atoms with E-state index >= 15 is 0 Å². The topological polar surface area (TPSA) is 83.0 Å². The molecular weight excluding hydrogens is 511 g/mol. The number of nitrogens with one attached hydrogen (secondary N) is 2. The fourth-order valence-electron chi connectivity index (χ4n) is 3.81. The average molecular weight is 543 g/mol. The predicted molar refractivity (Wildman–Crippen MR) is 124 cm³/mol. The highest BCUT2D eigenvalue weighted by Crippen LogP contribution is 2.38. The van der Waals surface area contributed by atoms with Crippen LogP contribution in [-0.4, -0.2) is 65.2 Å². The number of nitrogens with zero attached hydrogens (tertiary/aromatic N) is 2. The SMILES string of the molecule is CCNC(=NCCNS(=O)(=O)c1cc(C)sc1C)N1CCC2(CCOC2)C1.I. The van der Waals surface area contributed by atoms with Gasteiger partial charge in [-0.25, -0.2) is 13.1 Å². The van der Waals surface area contributed by atoms with E-state index in [2.05, 4.69) is 19.9 Å². The minimum absolute atomic E-state index is 0. The van der Waals surface area contributed by atoms with Crippen LogP contribution in [0.1, 0.15) is 29.5 Å². The number of rotatable bonds is 6. The molecule has 3 rings (SSSR count). The molecule has 0 aromatic carbocycles. The lowest BCUT2D eigenvalue weighted by Crippen LogP contribution is -2.42. The molecule has 2 fully saturated rings. The first-order valence-electron chi connectivity index (χ1n) is 9.53. The maximum atomic E-state index is 12.5. The Morgan fingerprint density at radius 2 is 2.18 bits per heavy atom. The Labute approximate surface area is 189 Å². The van der Waals surface area contributed by atoms with Crippen molar-refractivity contribution in [2.24, 2.45) is 10.4 Å². The Balaban J connectivity index is 0.00000280. The molecule has 1 unspecified atom stereocenters. The van der Waals surface area contributed by atoms with E-state index in [1.807, 2.05) is 20.8 Å². The molecule has 2 aliphatic heterocycles. The van der Waals surface area contributed by atoms with Gasteiger partial charge in [0.15, 0.2) is 5.96 Å². The largest absolute Gasteiger partial charge is 0.381 e. The molecule has 0 saturated carbocycles. The van der Waals surface area contributed by atoms with Gasteiger partial charge < -0.3 is 15.0 Å². The summed E-state index contributed by atoms with van der Waals surface area (Å²) in [5, 5.41) is 3.33. The maximum Gasteiger partial charge on any atom is 0.241 e. The summed E-state index contributed by atoms with van der Waals surface area (Å²) in [5.74, 6) is 0.864. The number of thiophene rings is 1. The smallest absolute Gasteiger partial charge is 0.241 e. The third-order valence-electron chi connectivity index (χ3n) is 5.21. The molecule has 28 heavy (non-hydrogen) atoms. The molecule has 160 valence electrons. The van der Waals surface area contributed by atoms with Gasteiger partial charge in [-0.3, -0.25) is 4.99 Å². The number of aryl methyl sites for hydroxylation is 2. The van der Waals surface area contributed by atoms with Crippen LogP contribution in [-0.2, 0) is 14.8 Å². The van der Waals surface area contributed by atoms with E-state index in [9.17, 15) is 8.42 Å². The van der Waals surface area contributed by atoms with Gasteiger partial charge >= 0.3 is 0 Å². The summed E-state index contributed by atoms with van der Waals surface area (Å²) in [6.45, 7) is 10.9. The summed E-state index contributed by atoms with van der Waals surface area (Å²) in [7, 11) is -3.48. The van der Waals surface area contributed by atoms with E-state index in [0.717, 1.165) is 61.4 Å². The molecule has 3 heterocycles. The molecule has 1 spiro atoms. The molecule has 0 radical (unpaired) electrons.